The van der Waals surface area contributed by atoms with E-state index < -0.39 is 16.8 Å². The lowest BCUT2D eigenvalue weighted by molar-refractivity contribution is -0.384. The molecule has 1 amide bonds. The molecule has 1 N–H and O–H groups in total. The number of halogens is 1. The largest absolute Gasteiger partial charge is 0.423 e. The van der Waals surface area contributed by atoms with Crippen LogP contribution in [0.25, 0.3) is 0 Å². The molecule has 0 radical (unpaired) electrons. The van der Waals surface area contributed by atoms with Crippen molar-refractivity contribution in [1.82, 2.24) is 0 Å². The summed E-state index contributed by atoms with van der Waals surface area (Å²) in [6.45, 7) is -0.173. The number of nitro groups is 1. The number of carbonyl (C=O) groups excluding carboxylic acids is 2. The van der Waals surface area contributed by atoms with E-state index in [0.717, 1.165) is 0 Å². The Bertz CT molecular complexity index is 871. The van der Waals surface area contributed by atoms with Crippen molar-refractivity contribution in [1.29, 1.82) is 0 Å². The minimum Gasteiger partial charge on any atom is -0.423 e. The van der Waals surface area contributed by atoms with Crippen LogP contribution in [-0.4, -0.2) is 29.9 Å². The fourth-order valence-corrected chi connectivity index (χ4v) is 2.63. The molecular formula is C16H12ClN3O5. The van der Waals surface area contributed by atoms with Gasteiger partial charge in [-0.1, -0.05) is 23.7 Å². The predicted octanol–water partition coefficient (Wildman–Crippen LogP) is 2.61. The molecule has 0 bridgehead atoms. The first-order valence-electron chi connectivity index (χ1n) is 7.22. The second-order valence-electron chi connectivity index (χ2n) is 5.27. The Balaban J connectivity index is 1.74. The molecule has 8 nitrogen and oxygen atoms in total. The van der Waals surface area contributed by atoms with Crippen molar-refractivity contribution in [3.8, 4) is 5.75 Å². The molecule has 1 heterocycles. The summed E-state index contributed by atoms with van der Waals surface area (Å²) in [5.74, 6) is -0.511. The third-order valence-electron chi connectivity index (χ3n) is 3.51. The van der Waals surface area contributed by atoms with Crippen LogP contribution in [0.5, 0.6) is 5.75 Å². The molecule has 2 aromatic rings. The number of anilines is 2. The van der Waals surface area contributed by atoms with E-state index in [1.807, 2.05) is 0 Å². The smallest absolute Gasteiger partial charge is 0.331 e. The van der Waals surface area contributed by atoms with Crippen molar-refractivity contribution in [3.63, 3.8) is 0 Å². The second-order valence-corrected chi connectivity index (χ2v) is 5.68. The summed E-state index contributed by atoms with van der Waals surface area (Å²) in [5, 5.41) is 13.4. The van der Waals surface area contributed by atoms with Gasteiger partial charge in [0.1, 0.15) is 11.6 Å². The number of esters is 1. The maximum Gasteiger partial charge on any atom is 0.331 e. The van der Waals surface area contributed by atoms with E-state index in [-0.39, 0.29) is 29.5 Å². The Morgan fingerprint density at radius 1 is 1.32 bits per heavy atom. The molecule has 0 fully saturated rings. The van der Waals surface area contributed by atoms with Gasteiger partial charge in [0.2, 0.25) is 5.91 Å². The first-order valence-corrected chi connectivity index (χ1v) is 7.60. The molecule has 0 aromatic heterocycles. The standard InChI is InChI=1S/C16H12ClN3O5/c17-11-6-5-10(7-13(11)20(23)24)18-15(21)8-19-9-16(22)25-14-4-2-1-3-12(14)19/h1-7H,8-9H2,(H,18,21). The van der Waals surface area contributed by atoms with Gasteiger partial charge in [-0.05, 0) is 24.3 Å². The number of carbonyl (C=O) groups is 2. The molecule has 0 aliphatic carbocycles. The molecule has 0 atom stereocenters. The number of amides is 1. The van der Waals surface area contributed by atoms with Crippen LogP contribution in [0.4, 0.5) is 17.1 Å². The molecule has 1 aliphatic heterocycles. The Hall–Kier alpha value is -3.13. The highest BCUT2D eigenvalue weighted by Gasteiger charge is 2.25. The van der Waals surface area contributed by atoms with Crippen LogP contribution in [0.15, 0.2) is 42.5 Å². The van der Waals surface area contributed by atoms with Crippen LogP contribution in [0.2, 0.25) is 5.02 Å². The molecule has 0 saturated heterocycles. The Labute approximate surface area is 147 Å². The third kappa shape index (κ3) is 3.69. The molecule has 3 rings (SSSR count). The quantitative estimate of drug-likeness (QED) is 0.388. The lowest BCUT2D eigenvalue weighted by Crippen LogP contribution is -2.41. The maximum atomic E-state index is 12.3. The Morgan fingerprint density at radius 3 is 2.84 bits per heavy atom. The minimum atomic E-state index is -0.630. The number of benzene rings is 2. The predicted molar refractivity (Wildman–Crippen MR) is 91.0 cm³/mol. The van der Waals surface area contributed by atoms with E-state index in [1.165, 1.54) is 18.2 Å². The van der Waals surface area contributed by atoms with Gasteiger partial charge >= 0.3 is 5.97 Å². The minimum absolute atomic E-state index is 0.0179. The van der Waals surface area contributed by atoms with Crippen LogP contribution in [0.3, 0.4) is 0 Å². The number of ether oxygens (including phenoxy) is 1. The van der Waals surface area contributed by atoms with E-state index in [0.29, 0.717) is 11.4 Å². The monoisotopic (exact) mass is 361 g/mol. The molecule has 0 spiro atoms. The van der Waals surface area contributed by atoms with E-state index in [1.54, 1.807) is 29.2 Å². The van der Waals surface area contributed by atoms with Gasteiger partial charge in [0.25, 0.3) is 5.69 Å². The molecular weight excluding hydrogens is 350 g/mol. The molecule has 0 saturated carbocycles. The SMILES string of the molecule is O=C(CN1CC(=O)Oc2ccccc21)Nc1ccc(Cl)c([N+](=O)[O-])c1. The highest BCUT2D eigenvalue weighted by Crippen LogP contribution is 2.31. The molecule has 25 heavy (non-hydrogen) atoms. The molecule has 2 aromatic carbocycles. The van der Waals surface area contributed by atoms with Crippen molar-refractivity contribution in [2.75, 3.05) is 23.3 Å². The lowest BCUT2D eigenvalue weighted by atomic mass is 10.2. The number of nitrogens with zero attached hydrogens (tertiary/aromatic N) is 2. The second kappa shape index (κ2) is 6.78. The van der Waals surface area contributed by atoms with Crippen LogP contribution < -0.4 is 15.0 Å². The molecule has 9 heteroatoms. The van der Waals surface area contributed by atoms with Gasteiger partial charge in [0.15, 0.2) is 5.75 Å². The normalized spacial score (nSPS) is 13.0. The summed E-state index contributed by atoms with van der Waals surface area (Å²) >= 11 is 5.74. The fourth-order valence-electron chi connectivity index (χ4n) is 2.45. The highest BCUT2D eigenvalue weighted by molar-refractivity contribution is 6.32. The first kappa shape index (κ1) is 16.7. The summed E-state index contributed by atoms with van der Waals surface area (Å²) in [4.78, 5) is 35.7. The summed E-state index contributed by atoms with van der Waals surface area (Å²) < 4.78 is 5.12. The zero-order valence-corrected chi connectivity index (χ0v) is 13.5. The fraction of sp³-hybridized carbons (Fsp3) is 0.125. The maximum absolute atomic E-state index is 12.3. The summed E-state index contributed by atoms with van der Waals surface area (Å²) in [5.41, 5.74) is 0.569. The molecule has 128 valence electrons. The Kier molecular flexibility index (Phi) is 4.53. The number of rotatable bonds is 4. The topological polar surface area (TPSA) is 102 Å². The lowest BCUT2D eigenvalue weighted by Gasteiger charge is -2.29. The van der Waals surface area contributed by atoms with Gasteiger partial charge in [0, 0.05) is 11.8 Å². The van der Waals surface area contributed by atoms with Crippen molar-refractivity contribution < 1.29 is 19.2 Å². The van der Waals surface area contributed by atoms with Gasteiger partial charge in [-0.25, -0.2) is 4.79 Å². The third-order valence-corrected chi connectivity index (χ3v) is 3.83. The van der Waals surface area contributed by atoms with E-state index in [2.05, 4.69) is 5.32 Å². The van der Waals surface area contributed by atoms with E-state index in [4.69, 9.17) is 16.3 Å². The van der Waals surface area contributed by atoms with Gasteiger partial charge in [0.05, 0.1) is 17.2 Å². The Morgan fingerprint density at radius 2 is 2.08 bits per heavy atom. The van der Waals surface area contributed by atoms with Crippen molar-refractivity contribution in [2.45, 2.75) is 0 Å². The zero-order valence-electron chi connectivity index (χ0n) is 12.8. The van der Waals surface area contributed by atoms with Crippen molar-refractivity contribution >= 4 is 40.5 Å². The number of para-hydroxylation sites is 2. The van der Waals surface area contributed by atoms with Gasteiger partial charge in [-0.15, -0.1) is 0 Å². The number of fused-ring (bicyclic) bond motifs is 1. The zero-order chi connectivity index (χ0) is 18.0. The number of nitrogens with one attached hydrogen (secondary N) is 1. The summed E-state index contributed by atoms with van der Waals surface area (Å²) in [7, 11) is 0. The summed E-state index contributed by atoms with van der Waals surface area (Å²) in [6, 6.07) is 10.9. The van der Waals surface area contributed by atoms with Crippen molar-refractivity contribution in [2.24, 2.45) is 0 Å². The first-order chi connectivity index (χ1) is 11.9. The van der Waals surface area contributed by atoms with Crippen LogP contribution in [0.1, 0.15) is 0 Å². The van der Waals surface area contributed by atoms with Crippen LogP contribution in [-0.2, 0) is 9.59 Å². The summed E-state index contributed by atoms with van der Waals surface area (Å²) in [6.07, 6.45) is 0. The van der Waals surface area contributed by atoms with Crippen LogP contribution in [0, 0.1) is 10.1 Å². The van der Waals surface area contributed by atoms with E-state index in [9.17, 15) is 19.7 Å². The van der Waals surface area contributed by atoms with Gasteiger partial charge < -0.3 is 15.0 Å². The van der Waals surface area contributed by atoms with Crippen molar-refractivity contribution in [3.05, 3.63) is 57.6 Å². The number of hydrogen-bond donors (Lipinski definition) is 1. The number of nitro benzene ring substituents is 1. The van der Waals surface area contributed by atoms with Gasteiger partial charge in [-0.3, -0.25) is 14.9 Å². The van der Waals surface area contributed by atoms with Gasteiger partial charge in [-0.2, -0.15) is 0 Å². The van der Waals surface area contributed by atoms with Crippen LogP contribution >= 0.6 is 11.6 Å². The number of hydrogen-bond acceptors (Lipinski definition) is 6. The average Bonchev–Trinajstić information content (AvgIpc) is 2.56. The van der Waals surface area contributed by atoms with E-state index >= 15 is 0 Å². The molecule has 1 aliphatic rings. The highest BCUT2D eigenvalue weighted by atomic mass is 35.5. The average molecular weight is 362 g/mol. The molecule has 0 unspecified atom stereocenters.